The van der Waals surface area contributed by atoms with E-state index < -0.39 is 18.0 Å². The van der Waals surface area contributed by atoms with Gasteiger partial charge in [0.15, 0.2) is 0 Å². The zero-order chi connectivity index (χ0) is 20.7. The summed E-state index contributed by atoms with van der Waals surface area (Å²) in [6, 6.07) is 3.40. The van der Waals surface area contributed by atoms with Gasteiger partial charge in [-0.2, -0.15) is 0 Å². The van der Waals surface area contributed by atoms with Crippen LogP contribution in [-0.2, 0) is 14.3 Å². The van der Waals surface area contributed by atoms with Crippen LogP contribution < -0.4 is 5.32 Å². The number of nitrogens with one attached hydrogen (secondary N) is 1. The van der Waals surface area contributed by atoms with Gasteiger partial charge in [0, 0.05) is 50.7 Å². The first-order chi connectivity index (χ1) is 13.2. The SMILES string of the molecule is COC(=O)[C@H](CN1CCN(CC(=O)NC(C)(C)C)CC1)[C@H](O)c1ccncc1. The van der Waals surface area contributed by atoms with Crippen molar-refractivity contribution in [2.75, 3.05) is 46.4 Å². The van der Waals surface area contributed by atoms with E-state index in [1.54, 1.807) is 24.5 Å². The van der Waals surface area contributed by atoms with E-state index in [9.17, 15) is 14.7 Å². The average Bonchev–Trinajstić information content (AvgIpc) is 2.65. The number of pyridine rings is 1. The van der Waals surface area contributed by atoms with Crippen LogP contribution in [0.1, 0.15) is 32.4 Å². The number of piperazine rings is 1. The molecule has 1 saturated heterocycles. The van der Waals surface area contributed by atoms with Gasteiger partial charge in [0.05, 0.1) is 25.7 Å². The van der Waals surface area contributed by atoms with Crippen molar-refractivity contribution in [2.24, 2.45) is 5.92 Å². The summed E-state index contributed by atoms with van der Waals surface area (Å²) in [5.41, 5.74) is 0.401. The zero-order valence-electron chi connectivity index (χ0n) is 17.2. The van der Waals surface area contributed by atoms with Gasteiger partial charge in [0.1, 0.15) is 0 Å². The lowest BCUT2D eigenvalue weighted by molar-refractivity contribution is -0.151. The quantitative estimate of drug-likeness (QED) is 0.650. The molecule has 0 radical (unpaired) electrons. The Labute approximate surface area is 166 Å². The van der Waals surface area contributed by atoms with Crippen molar-refractivity contribution in [2.45, 2.75) is 32.4 Å². The van der Waals surface area contributed by atoms with Gasteiger partial charge in [-0.25, -0.2) is 0 Å². The number of carbonyl (C=O) groups is 2. The third kappa shape index (κ3) is 6.85. The van der Waals surface area contributed by atoms with E-state index in [-0.39, 0.29) is 11.4 Å². The third-order valence-electron chi connectivity index (χ3n) is 4.73. The molecule has 1 aromatic rings. The summed E-state index contributed by atoms with van der Waals surface area (Å²) in [5, 5.41) is 13.6. The fourth-order valence-electron chi connectivity index (χ4n) is 3.32. The van der Waals surface area contributed by atoms with Crippen molar-refractivity contribution < 1.29 is 19.4 Å². The molecule has 1 fully saturated rings. The highest BCUT2D eigenvalue weighted by molar-refractivity contribution is 5.78. The van der Waals surface area contributed by atoms with Gasteiger partial charge in [-0.1, -0.05) is 0 Å². The Morgan fingerprint density at radius 2 is 1.75 bits per heavy atom. The summed E-state index contributed by atoms with van der Waals surface area (Å²) in [5.74, 6) is -1.10. The number of aliphatic hydroxyl groups excluding tert-OH is 1. The molecule has 1 aromatic heterocycles. The van der Waals surface area contributed by atoms with E-state index in [1.165, 1.54) is 7.11 Å². The predicted octanol–water partition coefficient (Wildman–Crippen LogP) is 0.437. The smallest absolute Gasteiger partial charge is 0.312 e. The van der Waals surface area contributed by atoms with Gasteiger partial charge in [-0.15, -0.1) is 0 Å². The number of aliphatic hydroxyl groups is 1. The maximum Gasteiger partial charge on any atom is 0.312 e. The molecule has 0 aromatic carbocycles. The number of hydrogen-bond acceptors (Lipinski definition) is 7. The number of amides is 1. The first kappa shape index (κ1) is 22.3. The minimum absolute atomic E-state index is 0.0153. The van der Waals surface area contributed by atoms with Crippen LogP contribution in [0.2, 0.25) is 0 Å². The van der Waals surface area contributed by atoms with Crippen molar-refractivity contribution in [3.63, 3.8) is 0 Å². The second-order valence-corrected chi connectivity index (χ2v) is 8.23. The molecule has 0 spiro atoms. The third-order valence-corrected chi connectivity index (χ3v) is 4.73. The highest BCUT2D eigenvalue weighted by Crippen LogP contribution is 2.24. The van der Waals surface area contributed by atoms with Crippen LogP contribution in [0.4, 0.5) is 0 Å². The Kier molecular flexibility index (Phi) is 7.91. The number of nitrogens with zero attached hydrogens (tertiary/aromatic N) is 3. The molecular formula is C20H32N4O4. The molecule has 0 saturated carbocycles. The van der Waals surface area contributed by atoms with Crippen LogP contribution in [0, 0.1) is 5.92 Å². The largest absolute Gasteiger partial charge is 0.469 e. The summed E-state index contributed by atoms with van der Waals surface area (Å²) >= 11 is 0. The highest BCUT2D eigenvalue weighted by Gasteiger charge is 2.32. The molecule has 8 heteroatoms. The number of methoxy groups -OCH3 is 1. The van der Waals surface area contributed by atoms with Gasteiger partial charge in [-0.05, 0) is 38.5 Å². The first-order valence-electron chi connectivity index (χ1n) is 9.61. The lowest BCUT2D eigenvalue weighted by Gasteiger charge is -2.36. The molecule has 2 N–H and O–H groups in total. The second-order valence-electron chi connectivity index (χ2n) is 8.23. The predicted molar refractivity (Wildman–Crippen MR) is 105 cm³/mol. The maximum atomic E-state index is 12.3. The number of hydrogen-bond donors (Lipinski definition) is 2. The standard InChI is InChI=1S/C20H32N4O4/c1-20(2,3)22-17(25)14-24-11-9-23(10-12-24)13-16(19(27)28-4)18(26)15-5-7-21-8-6-15/h5-8,16,18,26H,9-14H2,1-4H3,(H,22,25)/t16-,18-/m1/s1. The maximum absolute atomic E-state index is 12.3. The molecule has 2 atom stereocenters. The molecular weight excluding hydrogens is 360 g/mol. The molecule has 0 unspecified atom stereocenters. The number of aromatic nitrogens is 1. The molecule has 0 bridgehead atoms. The summed E-state index contributed by atoms with van der Waals surface area (Å²) in [7, 11) is 1.33. The minimum Gasteiger partial charge on any atom is -0.469 e. The van der Waals surface area contributed by atoms with E-state index >= 15 is 0 Å². The van der Waals surface area contributed by atoms with Crippen molar-refractivity contribution in [1.29, 1.82) is 0 Å². The normalized spacial score (nSPS) is 18.3. The van der Waals surface area contributed by atoms with Crippen molar-refractivity contribution >= 4 is 11.9 Å². The van der Waals surface area contributed by atoms with E-state index in [2.05, 4.69) is 20.1 Å². The Balaban J connectivity index is 1.89. The molecule has 2 rings (SSSR count). The zero-order valence-corrected chi connectivity index (χ0v) is 17.2. The molecule has 1 aliphatic rings. The molecule has 2 heterocycles. The summed E-state index contributed by atoms with van der Waals surface area (Å²) < 4.78 is 4.91. The fourth-order valence-corrected chi connectivity index (χ4v) is 3.32. The molecule has 1 amide bonds. The van der Waals surface area contributed by atoms with E-state index in [0.29, 0.717) is 18.7 Å². The fraction of sp³-hybridized carbons (Fsp3) is 0.650. The Morgan fingerprint density at radius 1 is 1.18 bits per heavy atom. The average molecular weight is 393 g/mol. The van der Waals surface area contributed by atoms with Gasteiger partial charge >= 0.3 is 5.97 Å². The summed E-state index contributed by atoms with van der Waals surface area (Å²) in [6.45, 7) is 9.56. The first-order valence-corrected chi connectivity index (χ1v) is 9.61. The van der Waals surface area contributed by atoms with Crippen molar-refractivity contribution in [3.05, 3.63) is 30.1 Å². The molecule has 0 aliphatic carbocycles. The van der Waals surface area contributed by atoms with E-state index in [1.807, 2.05) is 20.8 Å². The Bertz CT molecular complexity index is 639. The minimum atomic E-state index is -0.953. The van der Waals surface area contributed by atoms with Crippen LogP contribution in [0.5, 0.6) is 0 Å². The lowest BCUT2D eigenvalue weighted by atomic mass is 9.95. The van der Waals surface area contributed by atoms with Crippen molar-refractivity contribution in [3.8, 4) is 0 Å². The number of ether oxygens (including phenoxy) is 1. The monoisotopic (exact) mass is 392 g/mol. The summed E-state index contributed by atoms with van der Waals surface area (Å²) in [6.07, 6.45) is 2.23. The second kappa shape index (κ2) is 9.95. The number of rotatable bonds is 7. The molecule has 1 aliphatic heterocycles. The van der Waals surface area contributed by atoms with Gasteiger partial charge < -0.3 is 15.2 Å². The molecule has 28 heavy (non-hydrogen) atoms. The van der Waals surface area contributed by atoms with Crippen LogP contribution in [0.25, 0.3) is 0 Å². The lowest BCUT2D eigenvalue weighted by Crippen LogP contribution is -2.53. The number of carbonyl (C=O) groups excluding carboxylic acids is 2. The van der Waals surface area contributed by atoms with Gasteiger partial charge in [-0.3, -0.25) is 24.4 Å². The van der Waals surface area contributed by atoms with E-state index in [4.69, 9.17) is 4.74 Å². The van der Waals surface area contributed by atoms with Crippen LogP contribution in [0.15, 0.2) is 24.5 Å². The topological polar surface area (TPSA) is 95.0 Å². The van der Waals surface area contributed by atoms with E-state index in [0.717, 1.165) is 26.2 Å². The highest BCUT2D eigenvalue weighted by atomic mass is 16.5. The Hall–Kier alpha value is -2.03. The van der Waals surface area contributed by atoms with Crippen LogP contribution >= 0.6 is 0 Å². The Morgan fingerprint density at radius 3 is 2.29 bits per heavy atom. The van der Waals surface area contributed by atoms with Gasteiger partial charge in [0.2, 0.25) is 5.91 Å². The number of esters is 1. The van der Waals surface area contributed by atoms with Gasteiger partial charge in [0.25, 0.3) is 0 Å². The van der Waals surface area contributed by atoms with Crippen LogP contribution in [-0.4, -0.2) is 83.7 Å². The summed E-state index contributed by atoms with van der Waals surface area (Å²) in [4.78, 5) is 32.5. The van der Waals surface area contributed by atoms with Crippen molar-refractivity contribution in [1.82, 2.24) is 20.1 Å². The molecule has 156 valence electrons. The van der Waals surface area contributed by atoms with Crippen LogP contribution in [0.3, 0.4) is 0 Å². The molecule has 8 nitrogen and oxygen atoms in total.